The molecular formula is C17H9Br2N3O3S2. The van der Waals surface area contributed by atoms with Gasteiger partial charge in [0.05, 0.1) is 24.6 Å². The number of hydrogen-bond acceptors (Lipinski definition) is 7. The number of thiophene rings is 2. The van der Waals surface area contributed by atoms with Crippen molar-refractivity contribution in [1.29, 1.82) is 15.8 Å². The second kappa shape index (κ2) is 8.77. The van der Waals surface area contributed by atoms with E-state index in [1.54, 1.807) is 12.1 Å². The highest BCUT2D eigenvalue weighted by Crippen LogP contribution is 2.49. The Morgan fingerprint density at radius 3 is 1.89 bits per heavy atom. The molecule has 0 unspecified atom stereocenters. The molecule has 10 heteroatoms. The number of carbonyl (C=O) groups excluding carboxylic acids is 1. The molecule has 2 heterocycles. The third kappa shape index (κ3) is 5.24. The minimum atomic E-state index is -1.07. The van der Waals surface area contributed by atoms with Gasteiger partial charge in [0.15, 0.2) is 5.78 Å². The number of rotatable bonds is 4. The molecule has 0 aliphatic heterocycles. The van der Waals surface area contributed by atoms with Crippen molar-refractivity contribution < 1.29 is 14.7 Å². The van der Waals surface area contributed by atoms with Gasteiger partial charge in [-0.05, 0) is 56.8 Å². The highest BCUT2D eigenvalue weighted by atomic mass is 79.9. The first-order valence-corrected chi connectivity index (χ1v) is 10.5. The molecule has 0 spiro atoms. The smallest absolute Gasteiger partial charge is 0.337 e. The number of nitrogens with zero attached hydrogens (tertiary/aromatic N) is 3. The van der Waals surface area contributed by atoms with Gasteiger partial charge in [0.1, 0.15) is 21.9 Å². The number of ketones is 1. The molecule has 3 rings (SSSR count). The van der Waals surface area contributed by atoms with E-state index in [9.17, 15) is 9.59 Å². The zero-order chi connectivity index (χ0) is 20.2. The standard InChI is InChI=1S/C11H7BrN2OS.C6H2BrNO2S/c12-10-3-7(9(5-13)16-10)8(15)4-11(6-14)1-2-11;7-5-1-3(6(9)10)4(2-8)11-5/h3H,1-2,4H2;1H,(H,9,10). The average Bonchev–Trinajstić information content (AvgIpc) is 3.12. The fourth-order valence-corrected chi connectivity index (χ4v) is 4.94. The van der Waals surface area contributed by atoms with Crippen molar-refractivity contribution in [1.82, 2.24) is 0 Å². The molecule has 0 amide bonds. The molecule has 136 valence electrons. The van der Waals surface area contributed by atoms with Gasteiger partial charge in [-0.3, -0.25) is 4.79 Å². The molecule has 0 bridgehead atoms. The second-order valence-electron chi connectivity index (χ2n) is 5.61. The van der Waals surface area contributed by atoms with Crippen molar-refractivity contribution in [2.45, 2.75) is 19.3 Å². The lowest BCUT2D eigenvalue weighted by Crippen LogP contribution is -2.07. The van der Waals surface area contributed by atoms with Gasteiger partial charge >= 0.3 is 5.97 Å². The number of carbonyl (C=O) groups is 2. The Balaban J connectivity index is 0.000000208. The van der Waals surface area contributed by atoms with Crippen LogP contribution in [0.4, 0.5) is 0 Å². The summed E-state index contributed by atoms with van der Waals surface area (Å²) in [6.45, 7) is 0. The topological polar surface area (TPSA) is 126 Å². The molecule has 2 aromatic rings. The maximum atomic E-state index is 11.9. The normalized spacial score (nSPS) is 13.3. The first-order valence-electron chi connectivity index (χ1n) is 7.32. The van der Waals surface area contributed by atoms with E-state index in [1.807, 2.05) is 6.07 Å². The van der Waals surface area contributed by atoms with Crippen LogP contribution in [0.25, 0.3) is 0 Å². The molecule has 0 atom stereocenters. The van der Waals surface area contributed by atoms with E-state index in [4.69, 9.17) is 20.9 Å². The van der Waals surface area contributed by atoms with Crippen LogP contribution in [0.2, 0.25) is 0 Å². The van der Waals surface area contributed by atoms with Crippen LogP contribution in [0.15, 0.2) is 19.7 Å². The van der Waals surface area contributed by atoms with Gasteiger partial charge in [-0.2, -0.15) is 15.8 Å². The van der Waals surface area contributed by atoms with Gasteiger partial charge in [0.25, 0.3) is 0 Å². The largest absolute Gasteiger partial charge is 0.478 e. The summed E-state index contributed by atoms with van der Waals surface area (Å²) in [6.07, 6.45) is 1.83. The Hall–Kier alpha value is -2.03. The summed E-state index contributed by atoms with van der Waals surface area (Å²) in [5.41, 5.74) is 0.0587. The van der Waals surface area contributed by atoms with Crippen molar-refractivity contribution in [3.05, 3.63) is 40.6 Å². The molecule has 2 aromatic heterocycles. The van der Waals surface area contributed by atoms with Crippen LogP contribution in [-0.2, 0) is 0 Å². The maximum Gasteiger partial charge on any atom is 0.337 e. The summed E-state index contributed by atoms with van der Waals surface area (Å²) in [4.78, 5) is 23.0. The van der Waals surface area contributed by atoms with E-state index in [1.165, 1.54) is 17.4 Å². The lowest BCUT2D eigenvalue weighted by atomic mass is 9.97. The van der Waals surface area contributed by atoms with E-state index < -0.39 is 11.4 Å². The second-order valence-corrected chi connectivity index (χ2v) is 10.5. The highest BCUT2D eigenvalue weighted by molar-refractivity contribution is 9.11. The van der Waals surface area contributed by atoms with Crippen LogP contribution in [-0.4, -0.2) is 16.9 Å². The molecule has 0 radical (unpaired) electrons. The fourth-order valence-electron chi connectivity index (χ4n) is 2.14. The molecule has 0 aromatic carbocycles. The minimum absolute atomic E-state index is 0.0596. The van der Waals surface area contributed by atoms with Crippen molar-refractivity contribution >= 4 is 66.3 Å². The van der Waals surface area contributed by atoms with Crippen molar-refractivity contribution in [3.63, 3.8) is 0 Å². The van der Waals surface area contributed by atoms with Crippen molar-refractivity contribution in [3.8, 4) is 18.2 Å². The first-order chi connectivity index (χ1) is 12.7. The SMILES string of the molecule is N#Cc1sc(Br)cc1C(=O)CC1(C#N)CC1.N#Cc1sc(Br)cc1C(=O)O. The number of aromatic carboxylic acids is 1. The molecule has 27 heavy (non-hydrogen) atoms. The van der Waals surface area contributed by atoms with E-state index in [2.05, 4.69) is 37.9 Å². The maximum absolute atomic E-state index is 11.9. The average molecular weight is 527 g/mol. The summed E-state index contributed by atoms with van der Waals surface area (Å²) >= 11 is 8.72. The monoisotopic (exact) mass is 525 g/mol. The van der Waals surface area contributed by atoms with Crippen molar-refractivity contribution in [2.24, 2.45) is 5.41 Å². The molecule has 1 aliphatic carbocycles. The van der Waals surface area contributed by atoms with Gasteiger partial charge in [-0.1, -0.05) is 0 Å². The van der Waals surface area contributed by atoms with E-state index in [0.717, 1.165) is 28.0 Å². The number of nitriles is 3. The number of carboxylic acid groups (broad SMARTS) is 1. The van der Waals surface area contributed by atoms with E-state index in [-0.39, 0.29) is 22.6 Å². The molecule has 1 fully saturated rings. The third-order valence-electron chi connectivity index (χ3n) is 3.73. The third-order valence-corrected chi connectivity index (χ3v) is 6.81. The zero-order valence-corrected chi connectivity index (χ0v) is 18.3. The summed E-state index contributed by atoms with van der Waals surface area (Å²) in [5.74, 6) is -1.17. The predicted octanol–water partition coefficient (Wildman–Crippen LogP) is 5.34. The van der Waals surface area contributed by atoms with Crippen LogP contribution in [0.3, 0.4) is 0 Å². The lowest BCUT2D eigenvalue weighted by molar-refractivity contribution is 0.0697. The molecule has 1 N–H and O–H groups in total. The minimum Gasteiger partial charge on any atom is -0.478 e. The van der Waals surface area contributed by atoms with Gasteiger partial charge in [-0.15, -0.1) is 22.7 Å². The lowest BCUT2D eigenvalue weighted by Gasteiger charge is -2.02. The van der Waals surface area contributed by atoms with Gasteiger partial charge in [0, 0.05) is 12.0 Å². The Morgan fingerprint density at radius 2 is 1.52 bits per heavy atom. The predicted molar refractivity (Wildman–Crippen MR) is 107 cm³/mol. The van der Waals surface area contributed by atoms with Crippen LogP contribution >= 0.6 is 54.5 Å². The Morgan fingerprint density at radius 1 is 1.04 bits per heavy atom. The Bertz CT molecular complexity index is 1030. The number of hydrogen-bond donors (Lipinski definition) is 1. The molecule has 1 aliphatic rings. The van der Waals surface area contributed by atoms with Crippen LogP contribution in [0, 0.1) is 39.4 Å². The van der Waals surface area contributed by atoms with Crippen LogP contribution < -0.4 is 0 Å². The number of halogens is 2. The first kappa shape index (κ1) is 21.3. The zero-order valence-electron chi connectivity index (χ0n) is 13.5. The van der Waals surface area contributed by atoms with Gasteiger partial charge < -0.3 is 5.11 Å². The Labute approximate surface area is 179 Å². The molecule has 1 saturated carbocycles. The van der Waals surface area contributed by atoms with Crippen LogP contribution in [0.5, 0.6) is 0 Å². The quantitative estimate of drug-likeness (QED) is 0.536. The summed E-state index contributed by atoms with van der Waals surface area (Å²) in [7, 11) is 0. The fraction of sp³-hybridized carbons (Fsp3) is 0.235. The number of Topliss-reactive ketones (excluding diaryl/α,β-unsaturated/α-hetero) is 1. The number of carboxylic acids is 1. The van der Waals surface area contributed by atoms with E-state index in [0.29, 0.717) is 14.2 Å². The highest BCUT2D eigenvalue weighted by Gasteiger charge is 2.45. The van der Waals surface area contributed by atoms with Crippen LogP contribution in [0.1, 0.15) is 49.7 Å². The molecular weight excluding hydrogens is 518 g/mol. The van der Waals surface area contributed by atoms with Gasteiger partial charge in [-0.25, -0.2) is 4.79 Å². The summed E-state index contributed by atoms with van der Waals surface area (Å²) < 4.78 is 1.43. The summed E-state index contributed by atoms with van der Waals surface area (Å²) in [6, 6.07) is 9.08. The van der Waals surface area contributed by atoms with E-state index >= 15 is 0 Å². The molecule has 0 saturated heterocycles. The van der Waals surface area contributed by atoms with Gasteiger partial charge in [0.2, 0.25) is 0 Å². The molecule has 6 nitrogen and oxygen atoms in total. The van der Waals surface area contributed by atoms with Crippen molar-refractivity contribution in [2.75, 3.05) is 0 Å². The Kier molecular flexibility index (Phi) is 6.91. The summed E-state index contributed by atoms with van der Waals surface area (Å²) in [5, 5.41) is 34.8.